The lowest BCUT2D eigenvalue weighted by molar-refractivity contribution is -0.136. The van der Waals surface area contributed by atoms with E-state index >= 15 is 0 Å². The number of ether oxygens (including phenoxy) is 1. The quantitative estimate of drug-likeness (QED) is 0.654. The summed E-state index contributed by atoms with van der Waals surface area (Å²) in [7, 11) is 4.12. The van der Waals surface area contributed by atoms with Crippen LogP contribution >= 0.6 is 0 Å². The van der Waals surface area contributed by atoms with Crippen molar-refractivity contribution in [3.8, 4) is 5.75 Å². The minimum Gasteiger partial charge on any atom is -0.425 e. The number of rotatable bonds is 6. The van der Waals surface area contributed by atoms with Crippen molar-refractivity contribution in [3.05, 3.63) is 30.0 Å². The zero-order chi connectivity index (χ0) is 15.5. The molecule has 1 fully saturated rings. The monoisotopic (exact) mass is 301 g/mol. The molecule has 2 aromatic rings. The van der Waals surface area contributed by atoms with E-state index in [1.165, 1.54) is 12.0 Å². The lowest BCUT2D eigenvalue weighted by Crippen LogP contribution is -2.41. The van der Waals surface area contributed by atoms with Gasteiger partial charge in [0.1, 0.15) is 5.75 Å². The van der Waals surface area contributed by atoms with E-state index in [4.69, 9.17) is 4.74 Å². The molecule has 5 nitrogen and oxygen atoms in total. The van der Waals surface area contributed by atoms with E-state index in [1.807, 2.05) is 24.4 Å². The maximum absolute atomic E-state index is 12.1. The maximum Gasteiger partial charge on any atom is 0.325 e. The number of likely N-dealkylation sites (N-methyl/N-ethyl adjacent to an activating group) is 1. The number of aromatic nitrogens is 1. The molecule has 1 saturated heterocycles. The van der Waals surface area contributed by atoms with E-state index in [0.717, 1.165) is 37.0 Å². The van der Waals surface area contributed by atoms with Gasteiger partial charge in [-0.25, -0.2) is 0 Å². The fraction of sp³-hybridized carbons (Fsp3) is 0.471. The van der Waals surface area contributed by atoms with Crippen molar-refractivity contribution in [2.24, 2.45) is 0 Å². The van der Waals surface area contributed by atoms with Gasteiger partial charge < -0.3 is 14.6 Å². The molecule has 1 aromatic heterocycles. The average molecular weight is 301 g/mol. The summed E-state index contributed by atoms with van der Waals surface area (Å²) in [5.74, 6) is 0.491. The molecule has 0 unspecified atom stereocenters. The number of benzene rings is 1. The highest BCUT2D eigenvalue weighted by atomic mass is 16.5. The van der Waals surface area contributed by atoms with Crippen LogP contribution in [0.2, 0.25) is 0 Å². The Kier molecular flexibility index (Phi) is 4.45. The molecule has 0 aliphatic carbocycles. The molecule has 1 aromatic carbocycles. The summed E-state index contributed by atoms with van der Waals surface area (Å²) in [5, 5.41) is 1.03. The van der Waals surface area contributed by atoms with E-state index in [9.17, 15) is 4.79 Å². The summed E-state index contributed by atoms with van der Waals surface area (Å²) >= 11 is 0. The SMILES string of the molecule is CN(C)CCc1c[nH]c2cccc(OC(=O)CN3CCC3)c12. The van der Waals surface area contributed by atoms with Gasteiger partial charge in [0.25, 0.3) is 0 Å². The summed E-state index contributed by atoms with van der Waals surface area (Å²) in [4.78, 5) is 19.6. The van der Waals surface area contributed by atoms with Crippen molar-refractivity contribution in [2.45, 2.75) is 12.8 Å². The second kappa shape index (κ2) is 6.50. The van der Waals surface area contributed by atoms with Crippen LogP contribution in [0.25, 0.3) is 10.9 Å². The highest BCUT2D eigenvalue weighted by Crippen LogP contribution is 2.29. The summed E-state index contributed by atoms with van der Waals surface area (Å²) < 4.78 is 5.63. The first kappa shape index (κ1) is 15.1. The Labute approximate surface area is 130 Å². The smallest absolute Gasteiger partial charge is 0.325 e. The van der Waals surface area contributed by atoms with Gasteiger partial charge in [0.05, 0.1) is 6.54 Å². The molecule has 2 heterocycles. The molecule has 3 rings (SSSR count). The van der Waals surface area contributed by atoms with Gasteiger partial charge in [0.2, 0.25) is 0 Å². The van der Waals surface area contributed by atoms with E-state index in [-0.39, 0.29) is 5.97 Å². The molecule has 0 saturated carbocycles. The van der Waals surface area contributed by atoms with E-state index in [2.05, 4.69) is 28.9 Å². The van der Waals surface area contributed by atoms with Crippen molar-refractivity contribution in [3.63, 3.8) is 0 Å². The normalized spacial score (nSPS) is 15.2. The third-order valence-electron chi connectivity index (χ3n) is 4.10. The molecule has 0 bridgehead atoms. The van der Waals surface area contributed by atoms with Crippen LogP contribution in [0.5, 0.6) is 5.75 Å². The second-order valence-electron chi connectivity index (χ2n) is 6.15. The van der Waals surface area contributed by atoms with Crippen LogP contribution in [-0.2, 0) is 11.2 Å². The van der Waals surface area contributed by atoms with Crippen LogP contribution in [0.1, 0.15) is 12.0 Å². The first-order valence-electron chi connectivity index (χ1n) is 7.80. The van der Waals surface area contributed by atoms with Crippen LogP contribution in [0.15, 0.2) is 24.4 Å². The van der Waals surface area contributed by atoms with Crippen LogP contribution in [0.3, 0.4) is 0 Å². The molecule has 0 radical (unpaired) electrons. The number of esters is 1. The molecule has 22 heavy (non-hydrogen) atoms. The van der Waals surface area contributed by atoms with Gasteiger partial charge in [-0.05, 0) is 57.7 Å². The number of hydrogen-bond acceptors (Lipinski definition) is 4. The van der Waals surface area contributed by atoms with E-state index in [0.29, 0.717) is 12.3 Å². The molecule has 0 atom stereocenters. The average Bonchev–Trinajstić information content (AvgIpc) is 2.85. The third-order valence-corrected chi connectivity index (χ3v) is 4.10. The standard InChI is InChI=1S/C17H23N3O2/c1-19(2)10-7-13-11-18-14-5-3-6-15(17(13)14)22-16(21)12-20-8-4-9-20/h3,5-6,11,18H,4,7-10,12H2,1-2H3. The highest BCUT2D eigenvalue weighted by Gasteiger charge is 2.19. The summed E-state index contributed by atoms with van der Waals surface area (Å²) in [5.41, 5.74) is 2.21. The van der Waals surface area contributed by atoms with Gasteiger partial charge in [0, 0.05) is 23.6 Å². The third kappa shape index (κ3) is 3.31. The minimum absolute atomic E-state index is 0.174. The topological polar surface area (TPSA) is 48.6 Å². The predicted octanol–water partition coefficient (Wildman–Crippen LogP) is 1.88. The lowest BCUT2D eigenvalue weighted by Gasteiger charge is -2.29. The number of aromatic amines is 1. The van der Waals surface area contributed by atoms with Crippen molar-refractivity contribution in [2.75, 3.05) is 40.3 Å². The van der Waals surface area contributed by atoms with Gasteiger partial charge >= 0.3 is 5.97 Å². The molecule has 0 amide bonds. The molecule has 1 aliphatic rings. The molecule has 1 aliphatic heterocycles. The van der Waals surface area contributed by atoms with Gasteiger partial charge in [-0.3, -0.25) is 9.69 Å². The van der Waals surface area contributed by atoms with Crippen LogP contribution < -0.4 is 4.74 Å². The molecule has 1 N–H and O–H groups in total. The molecule has 118 valence electrons. The van der Waals surface area contributed by atoms with Crippen LogP contribution in [0.4, 0.5) is 0 Å². The van der Waals surface area contributed by atoms with Gasteiger partial charge in [-0.1, -0.05) is 6.07 Å². The van der Waals surface area contributed by atoms with Crippen molar-refractivity contribution >= 4 is 16.9 Å². The summed E-state index contributed by atoms with van der Waals surface area (Å²) in [6.45, 7) is 3.34. The number of hydrogen-bond donors (Lipinski definition) is 1. The van der Waals surface area contributed by atoms with Crippen LogP contribution in [0, 0.1) is 0 Å². The fourth-order valence-electron chi connectivity index (χ4n) is 2.72. The predicted molar refractivity (Wildman–Crippen MR) is 87.2 cm³/mol. The number of carbonyl (C=O) groups is 1. The Bertz CT molecular complexity index is 659. The van der Waals surface area contributed by atoms with E-state index in [1.54, 1.807) is 0 Å². The van der Waals surface area contributed by atoms with E-state index < -0.39 is 0 Å². The first-order valence-corrected chi connectivity index (χ1v) is 7.80. The largest absolute Gasteiger partial charge is 0.425 e. The molecular formula is C17H23N3O2. The Morgan fingerprint density at radius 2 is 2.18 bits per heavy atom. The zero-order valence-corrected chi connectivity index (χ0v) is 13.3. The Morgan fingerprint density at radius 3 is 2.86 bits per heavy atom. The Balaban J connectivity index is 1.78. The van der Waals surface area contributed by atoms with Crippen molar-refractivity contribution in [1.29, 1.82) is 0 Å². The zero-order valence-electron chi connectivity index (χ0n) is 13.3. The van der Waals surface area contributed by atoms with Gasteiger partial charge in [-0.15, -0.1) is 0 Å². The molecular weight excluding hydrogens is 278 g/mol. The van der Waals surface area contributed by atoms with Crippen molar-refractivity contribution in [1.82, 2.24) is 14.8 Å². The first-order chi connectivity index (χ1) is 10.6. The Morgan fingerprint density at radius 1 is 1.36 bits per heavy atom. The summed E-state index contributed by atoms with van der Waals surface area (Å²) in [6.07, 6.45) is 4.12. The number of H-pyrrole nitrogens is 1. The maximum atomic E-state index is 12.1. The lowest BCUT2D eigenvalue weighted by atomic mass is 10.1. The fourth-order valence-corrected chi connectivity index (χ4v) is 2.72. The molecule has 5 heteroatoms. The minimum atomic E-state index is -0.174. The second-order valence-corrected chi connectivity index (χ2v) is 6.15. The number of nitrogens with zero attached hydrogens (tertiary/aromatic N) is 2. The Hall–Kier alpha value is -1.85. The number of likely N-dealkylation sites (tertiary alicyclic amines) is 1. The number of fused-ring (bicyclic) bond motifs is 1. The highest BCUT2D eigenvalue weighted by molar-refractivity contribution is 5.91. The van der Waals surface area contributed by atoms with Crippen molar-refractivity contribution < 1.29 is 9.53 Å². The molecule has 0 spiro atoms. The van der Waals surface area contributed by atoms with Gasteiger partial charge in [0.15, 0.2) is 0 Å². The number of carbonyl (C=O) groups excluding carboxylic acids is 1. The van der Waals surface area contributed by atoms with Crippen LogP contribution in [-0.4, -0.2) is 61.0 Å². The number of nitrogens with one attached hydrogen (secondary N) is 1. The van der Waals surface area contributed by atoms with Gasteiger partial charge in [-0.2, -0.15) is 0 Å². The summed E-state index contributed by atoms with van der Waals surface area (Å²) in [6, 6.07) is 5.81.